The van der Waals surface area contributed by atoms with E-state index in [-0.39, 0.29) is 17.7 Å². The van der Waals surface area contributed by atoms with Crippen molar-refractivity contribution in [3.05, 3.63) is 63.6 Å². The van der Waals surface area contributed by atoms with Gasteiger partial charge in [-0.2, -0.15) is 0 Å². The topological polar surface area (TPSA) is 49.4 Å². The van der Waals surface area contributed by atoms with Crippen LogP contribution in [0.15, 0.2) is 46.9 Å². The third kappa shape index (κ3) is 3.93. The van der Waals surface area contributed by atoms with Gasteiger partial charge in [0.05, 0.1) is 0 Å². The molecule has 2 aromatic carbocycles. The van der Waals surface area contributed by atoms with Crippen LogP contribution < -0.4 is 10.2 Å². The monoisotopic (exact) mass is 400 g/mol. The van der Waals surface area contributed by atoms with Crippen LogP contribution in [0.3, 0.4) is 0 Å². The average molecular weight is 401 g/mol. The number of anilines is 1. The first kappa shape index (κ1) is 17.7. The van der Waals surface area contributed by atoms with E-state index in [1.165, 1.54) is 5.56 Å². The smallest absolute Gasteiger partial charge is 0.251 e. The van der Waals surface area contributed by atoms with Crippen LogP contribution in [0.25, 0.3) is 0 Å². The molecule has 2 aromatic rings. The van der Waals surface area contributed by atoms with Crippen molar-refractivity contribution in [1.82, 2.24) is 5.32 Å². The Balaban J connectivity index is 1.66. The van der Waals surface area contributed by atoms with Gasteiger partial charge in [0.15, 0.2) is 0 Å². The van der Waals surface area contributed by atoms with Crippen LogP contribution in [-0.2, 0) is 17.8 Å². The summed E-state index contributed by atoms with van der Waals surface area (Å²) in [6.07, 6.45) is 0.863. The molecule has 0 atom stereocenters. The molecule has 3 rings (SSSR count). The lowest BCUT2D eigenvalue weighted by Gasteiger charge is -2.19. The Morgan fingerprint density at radius 1 is 1.16 bits per heavy atom. The highest BCUT2D eigenvalue weighted by molar-refractivity contribution is 9.10. The Bertz CT molecular complexity index is 800. The van der Waals surface area contributed by atoms with E-state index < -0.39 is 0 Å². The predicted molar refractivity (Wildman–Crippen MR) is 103 cm³/mol. The lowest BCUT2D eigenvalue weighted by Crippen LogP contribution is -2.32. The first-order chi connectivity index (χ1) is 12.0. The van der Waals surface area contributed by atoms with Crippen molar-refractivity contribution in [3.8, 4) is 0 Å². The molecule has 0 saturated heterocycles. The van der Waals surface area contributed by atoms with Gasteiger partial charge in [0.2, 0.25) is 5.91 Å². The Labute approximate surface area is 156 Å². The van der Waals surface area contributed by atoms with Gasteiger partial charge < -0.3 is 10.2 Å². The van der Waals surface area contributed by atoms with Gasteiger partial charge >= 0.3 is 0 Å². The van der Waals surface area contributed by atoms with Gasteiger partial charge in [0.25, 0.3) is 5.91 Å². The summed E-state index contributed by atoms with van der Waals surface area (Å²) in [7, 11) is 0. The maximum atomic E-state index is 12.3. The Hall–Kier alpha value is -2.14. The van der Waals surface area contributed by atoms with Crippen LogP contribution >= 0.6 is 15.9 Å². The second-order valence-electron chi connectivity index (χ2n) is 6.55. The number of carbonyl (C=O) groups is 2. The fraction of sp³-hybridized carbons (Fsp3) is 0.300. The summed E-state index contributed by atoms with van der Waals surface area (Å²) in [5.41, 5.74) is 3.85. The molecule has 0 unspecified atom stereocenters. The van der Waals surface area contributed by atoms with E-state index >= 15 is 0 Å². The predicted octanol–water partition coefficient (Wildman–Crippen LogP) is 3.92. The number of nitrogens with one attached hydrogen (secondary N) is 1. The highest BCUT2D eigenvalue weighted by atomic mass is 79.9. The average Bonchev–Trinajstić information content (AvgIpc) is 3.02. The van der Waals surface area contributed by atoms with Crippen LogP contribution in [0.4, 0.5) is 5.69 Å². The molecule has 0 bridgehead atoms. The standard InChI is InChI=1S/C20H21BrN2O2/c1-13(2)20(25)23-10-9-16-11-14(3-8-18(16)23)12-22-19(24)15-4-6-17(21)7-5-15/h3-8,11,13H,9-10,12H2,1-2H3,(H,22,24). The second-order valence-corrected chi connectivity index (χ2v) is 7.46. The molecule has 0 aromatic heterocycles. The zero-order chi connectivity index (χ0) is 18.0. The third-order valence-electron chi connectivity index (χ3n) is 4.36. The fourth-order valence-corrected chi connectivity index (χ4v) is 3.26. The number of rotatable bonds is 4. The van der Waals surface area contributed by atoms with Gasteiger partial charge in [-0.1, -0.05) is 41.9 Å². The summed E-state index contributed by atoms with van der Waals surface area (Å²) in [6.45, 7) is 5.06. The Morgan fingerprint density at radius 2 is 1.88 bits per heavy atom. The summed E-state index contributed by atoms with van der Waals surface area (Å²) in [4.78, 5) is 26.3. The number of fused-ring (bicyclic) bond motifs is 1. The molecule has 0 aliphatic carbocycles. The normalized spacial score (nSPS) is 13.0. The summed E-state index contributed by atoms with van der Waals surface area (Å²) < 4.78 is 0.947. The molecule has 5 heteroatoms. The number of hydrogen-bond acceptors (Lipinski definition) is 2. The molecule has 0 saturated carbocycles. The van der Waals surface area contributed by atoms with Crippen LogP contribution in [0.1, 0.15) is 35.3 Å². The molecular formula is C20H21BrN2O2. The Kier molecular flexibility index (Phi) is 5.23. The van der Waals surface area contributed by atoms with Gasteiger partial charge in [-0.05, 0) is 47.9 Å². The molecule has 2 amide bonds. The lowest BCUT2D eigenvalue weighted by molar-refractivity contribution is -0.121. The van der Waals surface area contributed by atoms with E-state index in [0.717, 1.165) is 28.7 Å². The van der Waals surface area contributed by atoms with E-state index in [4.69, 9.17) is 0 Å². The van der Waals surface area contributed by atoms with Gasteiger partial charge in [-0.15, -0.1) is 0 Å². The molecular weight excluding hydrogens is 380 g/mol. The first-order valence-corrected chi connectivity index (χ1v) is 9.22. The zero-order valence-corrected chi connectivity index (χ0v) is 16.0. The minimum absolute atomic E-state index is 0.00387. The second kappa shape index (κ2) is 7.40. The quantitative estimate of drug-likeness (QED) is 0.844. The Morgan fingerprint density at radius 3 is 2.56 bits per heavy atom. The molecule has 1 heterocycles. The summed E-state index contributed by atoms with van der Waals surface area (Å²) >= 11 is 3.36. The maximum absolute atomic E-state index is 12.3. The minimum Gasteiger partial charge on any atom is -0.348 e. The van der Waals surface area contributed by atoms with Crippen molar-refractivity contribution in [2.45, 2.75) is 26.8 Å². The third-order valence-corrected chi connectivity index (χ3v) is 4.89. The first-order valence-electron chi connectivity index (χ1n) is 8.42. The summed E-state index contributed by atoms with van der Waals surface area (Å²) in [6, 6.07) is 13.3. The van der Waals surface area contributed by atoms with Crippen molar-refractivity contribution in [2.75, 3.05) is 11.4 Å². The van der Waals surface area contributed by atoms with Crippen LogP contribution in [0.5, 0.6) is 0 Å². The number of amides is 2. The molecule has 25 heavy (non-hydrogen) atoms. The molecule has 0 fully saturated rings. The van der Waals surface area contributed by atoms with Crippen molar-refractivity contribution >= 4 is 33.4 Å². The minimum atomic E-state index is -0.0930. The lowest BCUT2D eigenvalue weighted by atomic mass is 10.1. The van der Waals surface area contributed by atoms with Crippen molar-refractivity contribution in [2.24, 2.45) is 5.92 Å². The number of hydrogen-bond donors (Lipinski definition) is 1. The largest absolute Gasteiger partial charge is 0.348 e. The molecule has 1 aliphatic rings. The molecule has 1 N–H and O–H groups in total. The summed E-state index contributed by atoms with van der Waals surface area (Å²) in [5.74, 6) is 0.0653. The van der Waals surface area contributed by atoms with E-state index in [2.05, 4.69) is 27.3 Å². The highest BCUT2D eigenvalue weighted by Crippen LogP contribution is 2.30. The SMILES string of the molecule is CC(C)C(=O)N1CCc2cc(CNC(=O)c3ccc(Br)cc3)ccc21. The number of halogens is 1. The number of nitrogens with zero attached hydrogens (tertiary/aromatic N) is 1. The van der Waals surface area contributed by atoms with Crippen molar-refractivity contribution in [1.29, 1.82) is 0 Å². The zero-order valence-electron chi connectivity index (χ0n) is 14.4. The van der Waals surface area contributed by atoms with Crippen LogP contribution in [0.2, 0.25) is 0 Å². The van der Waals surface area contributed by atoms with Crippen molar-refractivity contribution < 1.29 is 9.59 Å². The van der Waals surface area contributed by atoms with E-state index in [9.17, 15) is 9.59 Å². The molecule has 0 spiro atoms. The summed E-state index contributed by atoms with van der Waals surface area (Å²) in [5, 5.41) is 2.94. The van der Waals surface area contributed by atoms with Gasteiger partial charge in [-0.3, -0.25) is 9.59 Å². The molecule has 0 radical (unpaired) electrons. The van der Waals surface area contributed by atoms with Crippen LogP contribution in [-0.4, -0.2) is 18.4 Å². The molecule has 130 valence electrons. The fourth-order valence-electron chi connectivity index (χ4n) is 2.99. The van der Waals surface area contributed by atoms with Gasteiger partial charge in [0, 0.05) is 34.7 Å². The van der Waals surface area contributed by atoms with E-state index in [1.807, 2.05) is 43.0 Å². The van der Waals surface area contributed by atoms with E-state index in [1.54, 1.807) is 12.1 Å². The van der Waals surface area contributed by atoms with E-state index in [0.29, 0.717) is 12.1 Å². The van der Waals surface area contributed by atoms with Crippen molar-refractivity contribution in [3.63, 3.8) is 0 Å². The highest BCUT2D eigenvalue weighted by Gasteiger charge is 2.26. The molecule has 1 aliphatic heterocycles. The van der Waals surface area contributed by atoms with Gasteiger partial charge in [-0.25, -0.2) is 0 Å². The maximum Gasteiger partial charge on any atom is 0.251 e. The van der Waals surface area contributed by atoms with Crippen LogP contribution in [0, 0.1) is 5.92 Å². The number of carbonyl (C=O) groups excluding carboxylic acids is 2. The number of benzene rings is 2. The van der Waals surface area contributed by atoms with Gasteiger partial charge in [0.1, 0.15) is 0 Å². The molecule has 4 nitrogen and oxygen atoms in total.